The molecule has 0 atom stereocenters. The summed E-state index contributed by atoms with van der Waals surface area (Å²) in [4.78, 5) is 13.1. The summed E-state index contributed by atoms with van der Waals surface area (Å²) in [7, 11) is 0. The average molecular weight is 1020 g/mol. The van der Waals surface area contributed by atoms with Crippen LogP contribution in [0.2, 0.25) is 0 Å². The summed E-state index contributed by atoms with van der Waals surface area (Å²) in [6.45, 7) is 22.6. The van der Waals surface area contributed by atoms with Crippen LogP contribution < -0.4 is 4.90 Å². The maximum atomic E-state index is 5.41. The van der Waals surface area contributed by atoms with Crippen LogP contribution in [0.3, 0.4) is 0 Å². The number of nitrogens with zero attached hydrogens (tertiary/aromatic N) is 5. The molecule has 0 spiro atoms. The Balaban J connectivity index is 0.00000560. The van der Waals surface area contributed by atoms with Gasteiger partial charge in [0, 0.05) is 17.1 Å². The molecule has 324 valence electrons. The summed E-state index contributed by atoms with van der Waals surface area (Å²) in [5, 5.41) is 0. The van der Waals surface area contributed by atoms with Crippen LogP contribution in [-0.2, 0) is 21.1 Å². The predicted octanol–water partition coefficient (Wildman–Crippen LogP) is 15.9. The molecule has 9 aromatic rings. The molecule has 2 aromatic heterocycles. The Labute approximate surface area is 394 Å². The van der Waals surface area contributed by atoms with Crippen molar-refractivity contribution in [2.45, 2.75) is 92.9 Å². The molecule has 0 saturated carbocycles. The standard InChI is InChI=1S/C58H57N5.Pt/c1-36(2)47-22-18-23-48(37(3)4)55(47)62-53-28-16-14-26-51(53)59-57(62)42-30-40(9)32-45(34-42)61(44-20-12-11-13-21-44)46-33-41(10)31-43(35-46)58-60-52-27-15-17-29-54(52)63(58)56-49(38(5)6)24-19-25-50(56)39(7)8;/h11-33,36-39H,1-10H3;/q-2;+2. The van der Waals surface area contributed by atoms with Gasteiger partial charge in [0.1, 0.15) is 0 Å². The Bertz CT molecular complexity index is 2870. The molecule has 0 unspecified atom stereocenters. The van der Waals surface area contributed by atoms with E-state index < -0.39 is 0 Å². The van der Waals surface area contributed by atoms with Gasteiger partial charge in [0.25, 0.3) is 0 Å². The third kappa shape index (κ3) is 8.16. The van der Waals surface area contributed by atoms with Crippen molar-refractivity contribution in [3.05, 3.63) is 185 Å². The number of para-hydroxylation sites is 7. The smallest absolute Gasteiger partial charge is 0.346 e. The molecule has 0 amide bonds. The van der Waals surface area contributed by atoms with E-state index in [4.69, 9.17) is 9.97 Å². The van der Waals surface area contributed by atoms with E-state index in [0.717, 1.165) is 73.0 Å². The maximum Gasteiger partial charge on any atom is 2.00 e. The number of aryl methyl sites for hydroxylation is 2. The molecule has 0 aliphatic rings. The first-order valence-electron chi connectivity index (χ1n) is 22.5. The number of hydrogen-bond acceptors (Lipinski definition) is 3. The summed E-state index contributed by atoms with van der Waals surface area (Å²) in [5.74, 6) is 3.00. The van der Waals surface area contributed by atoms with Crippen molar-refractivity contribution in [1.29, 1.82) is 0 Å². The summed E-state index contributed by atoms with van der Waals surface area (Å²) >= 11 is 0. The van der Waals surface area contributed by atoms with Crippen LogP contribution in [-0.4, -0.2) is 19.1 Å². The Kier molecular flexibility index (Phi) is 12.7. The third-order valence-corrected chi connectivity index (χ3v) is 12.2. The van der Waals surface area contributed by atoms with Gasteiger partial charge in [0.05, 0.1) is 33.7 Å². The predicted molar refractivity (Wildman–Crippen MR) is 265 cm³/mol. The van der Waals surface area contributed by atoms with Crippen LogP contribution in [0.4, 0.5) is 17.1 Å². The maximum absolute atomic E-state index is 5.41. The van der Waals surface area contributed by atoms with Crippen LogP contribution in [0.15, 0.2) is 140 Å². The molecule has 7 aromatic carbocycles. The molecule has 0 fully saturated rings. The molecule has 9 rings (SSSR count). The van der Waals surface area contributed by atoms with Gasteiger partial charge >= 0.3 is 21.1 Å². The zero-order valence-corrected chi connectivity index (χ0v) is 40.9. The second-order valence-corrected chi connectivity index (χ2v) is 18.3. The van der Waals surface area contributed by atoms with Crippen molar-refractivity contribution in [3.8, 4) is 34.2 Å². The molecule has 6 heteroatoms. The minimum absolute atomic E-state index is 0. The molecule has 0 aliphatic heterocycles. The summed E-state index contributed by atoms with van der Waals surface area (Å²) < 4.78 is 4.79. The first-order chi connectivity index (χ1) is 30.4. The SMILES string of the molecule is Cc1cc(-c2nc3ccccc3n2-c2c(C(C)C)cccc2C(C)C)[c-]c(N(c2[c-]c(-c3nc4ccccc4n3-c3c(C(C)C)cccc3C(C)C)cc(C)c2)c2ccccc2)c1.[Pt+2]. The van der Waals surface area contributed by atoms with Gasteiger partial charge in [0.15, 0.2) is 0 Å². The zero-order chi connectivity index (χ0) is 44.1. The minimum atomic E-state index is 0. The molecular weight excluding hydrogens is 962 g/mol. The van der Waals surface area contributed by atoms with Gasteiger partial charge in [-0.2, -0.15) is 0 Å². The molecule has 0 aliphatic carbocycles. The fraction of sp³-hybridized carbons (Fsp3) is 0.241. The average Bonchev–Trinajstić information content (AvgIpc) is 3.85. The summed E-state index contributed by atoms with van der Waals surface area (Å²) in [6, 6.07) is 57.9. The van der Waals surface area contributed by atoms with Gasteiger partial charge in [-0.1, -0.05) is 148 Å². The molecule has 64 heavy (non-hydrogen) atoms. The molecule has 0 N–H and O–H groups in total. The molecule has 5 nitrogen and oxygen atoms in total. The number of aromatic nitrogens is 4. The Morgan fingerprint density at radius 1 is 0.438 bits per heavy atom. The molecular formula is C58H57N5Pt. The monoisotopic (exact) mass is 1020 g/mol. The normalized spacial score (nSPS) is 11.7. The van der Waals surface area contributed by atoms with E-state index in [1.807, 2.05) is 0 Å². The Morgan fingerprint density at radius 3 is 1.17 bits per heavy atom. The Hall–Kier alpha value is -6.03. The van der Waals surface area contributed by atoms with Crippen molar-refractivity contribution in [3.63, 3.8) is 0 Å². The number of imidazole rings is 2. The van der Waals surface area contributed by atoms with E-state index in [0.29, 0.717) is 23.7 Å². The van der Waals surface area contributed by atoms with E-state index in [1.165, 1.54) is 33.6 Å². The molecule has 2 heterocycles. The van der Waals surface area contributed by atoms with Crippen molar-refractivity contribution in [2.24, 2.45) is 0 Å². The first-order valence-corrected chi connectivity index (χ1v) is 22.5. The molecule has 0 bridgehead atoms. The van der Waals surface area contributed by atoms with Crippen LogP contribution in [0.1, 0.15) is 112 Å². The van der Waals surface area contributed by atoms with Gasteiger partial charge in [-0.3, -0.25) is 9.97 Å². The zero-order valence-electron chi connectivity index (χ0n) is 38.6. The van der Waals surface area contributed by atoms with E-state index >= 15 is 0 Å². The van der Waals surface area contributed by atoms with Crippen molar-refractivity contribution < 1.29 is 21.1 Å². The second kappa shape index (κ2) is 18.2. The van der Waals surface area contributed by atoms with Crippen LogP contribution in [0.25, 0.3) is 56.2 Å². The van der Waals surface area contributed by atoms with Crippen LogP contribution >= 0.6 is 0 Å². The van der Waals surface area contributed by atoms with Gasteiger partial charge in [0.2, 0.25) is 0 Å². The Morgan fingerprint density at radius 2 is 0.797 bits per heavy atom. The summed E-state index contributed by atoms with van der Waals surface area (Å²) in [6.07, 6.45) is 0. The fourth-order valence-corrected chi connectivity index (χ4v) is 9.26. The number of fused-ring (bicyclic) bond motifs is 2. The number of benzene rings is 7. The van der Waals surface area contributed by atoms with E-state index in [-0.39, 0.29) is 21.1 Å². The van der Waals surface area contributed by atoms with E-state index in [1.54, 1.807) is 0 Å². The third-order valence-electron chi connectivity index (χ3n) is 12.2. The topological polar surface area (TPSA) is 38.9 Å². The van der Waals surface area contributed by atoms with Crippen LogP contribution in [0, 0.1) is 26.0 Å². The molecule has 0 radical (unpaired) electrons. The van der Waals surface area contributed by atoms with E-state index in [9.17, 15) is 0 Å². The van der Waals surface area contributed by atoms with Crippen LogP contribution in [0.5, 0.6) is 0 Å². The van der Waals surface area contributed by atoms with E-state index in [2.05, 4.69) is 235 Å². The largest absolute Gasteiger partial charge is 2.00 e. The number of anilines is 3. The van der Waals surface area contributed by atoms with Gasteiger partial charge in [-0.05, 0) is 93.7 Å². The quantitative estimate of drug-likeness (QED) is 0.121. The number of rotatable bonds is 11. The second-order valence-electron chi connectivity index (χ2n) is 18.3. The van der Waals surface area contributed by atoms with Crippen molar-refractivity contribution >= 4 is 39.1 Å². The van der Waals surface area contributed by atoms with Gasteiger partial charge in [-0.15, -0.1) is 58.7 Å². The number of hydrogen-bond donors (Lipinski definition) is 0. The van der Waals surface area contributed by atoms with Crippen molar-refractivity contribution in [1.82, 2.24) is 19.1 Å². The van der Waals surface area contributed by atoms with Gasteiger partial charge in [-0.25, -0.2) is 0 Å². The fourth-order valence-electron chi connectivity index (χ4n) is 9.26. The minimum Gasteiger partial charge on any atom is -0.346 e. The molecule has 0 saturated heterocycles. The van der Waals surface area contributed by atoms with Crippen molar-refractivity contribution in [2.75, 3.05) is 4.90 Å². The first kappa shape index (κ1) is 44.6. The summed E-state index contributed by atoms with van der Waals surface area (Å²) in [5.41, 5.74) is 18.6. The van der Waals surface area contributed by atoms with Gasteiger partial charge < -0.3 is 14.0 Å².